The largest absolute Gasteiger partial charge is 0.481 e. The number of rotatable bonds is 3. The van der Waals surface area contributed by atoms with Crippen LogP contribution in [0.1, 0.15) is 26.2 Å². The Morgan fingerprint density at radius 2 is 2.38 bits per heavy atom. The zero-order valence-electron chi connectivity index (χ0n) is 8.12. The van der Waals surface area contributed by atoms with Gasteiger partial charge in [0.05, 0.1) is 6.42 Å². The minimum atomic E-state index is -0.791. The Kier molecular flexibility index (Phi) is 3.27. The standard InChI is InChI=1S/C9H18N2O2/c1-2-11-5-3-4-9(10,7-11)6-8(12)13/h2-7,10H2,1H3,(H,12,13). The van der Waals surface area contributed by atoms with Gasteiger partial charge >= 0.3 is 5.97 Å². The van der Waals surface area contributed by atoms with E-state index in [9.17, 15) is 4.79 Å². The smallest absolute Gasteiger partial charge is 0.305 e. The number of hydrogen-bond donors (Lipinski definition) is 2. The van der Waals surface area contributed by atoms with Crippen LogP contribution >= 0.6 is 0 Å². The first-order valence-corrected chi connectivity index (χ1v) is 4.79. The number of likely N-dealkylation sites (tertiary alicyclic amines) is 1. The number of hydrogen-bond acceptors (Lipinski definition) is 3. The van der Waals surface area contributed by atoms with E-state index in [1.807, 2.05) is 0 Å². The normalized spacial score (nSPS) is 30.3. The third-order valence-corrected chi connectivity index (χ3v) is 2.64. The molecule has 0 bridgehead atoms. The van der Waals surface area contributed by atoms with E-state index < -0.39 is 11.5 Å². The molecule has 1 aliphatic heterocycles. The highest BCUT2D eigenvalue weighted by molar-refractivity contribution is 5.68. The third-order valence-electron chi connectivity index (χ3n) is 2.64. The highest BCUT2D eigenvalue weighted by Crippen LogP contribution is 2.21. The topological polar surface area (TPSA) is 66.6 Å². The van der Waals surface area contributed by atoms with Crippen LogP contribution in [-0.4, -0.2) is 41.1 Å². The monoisotopic (exact) mass is 186 g/mol. The van der Waals surface area contributed by atoms with E-state index in [-0.39, 0.29) is 6.42 Å². The van der Waals surface area contributed by atoms with Crippen molar-refractivity contribution in [3.63, 3.8) is 0 Å². The molecule has 4 heteroatoms. The molecule has 1 heterocycles. The molecule has 0 radical (unpaired) electrons. The van der Waals surface area contributed by atoms with Crippen molar-refractivity contribution in [3.05, 3.63) is 0 Å². The Labute approximate surface area is 78.7 Å². The minimum absolute atomic E-state index is 0.0868. The van der Waals surface area contributed by atoms with Crippen LogP contribution in [0.15, 0.2) is 0 Å². The second-order valence-corrected chi connectivity index (χ2v) is 3.91. The molecule has 3 N–H and O–H groups in total. The summed E-state index contributed by atoms with van der Waals surface area (Å²) in [6, 6.07) is 0. The molecule has 1 rings (SSSR count). The fourth-order valence-electron chi connectivity index (χ4n) is 1.97. The van der Waals surface area contributed by atoms with Gasteiger partial charge in [-0.2, -0.15) is 0 Å². The van der Waals surface area contributed by atoms with E-state index >= 15 is 0 Å². The number of nitrogens with two attached hydrogens (primary N) is 1. The Hall–Kier alpha value is -0.610. The van der Waals surface area contributed by atoms with E-state index in [1.165, 1.54) is 0 Å². The fraction of sp³-hybridized carbons (Fsp3) is 0.889. The van der Waals surface area contributed by atoms with Crippen LogP contribution in [0.3, 0.4) is 0 Å². The molecule has 0 aromatic carbocycles. The number of carboxylic acid groups (broad SMARTS) is 1. The van der Waals surface area contributed by atoms with Crippen LogP contribution in [0, 0.1) is 0 Å². The van der Waals surface area contributed by atoms with Gasteiger partial charge in [0.15, 0.2) is 0 Å². The summed E-state index contributed by atoms with van der Waals surface area (Å²) < 4.78 is 0. The average molecular weight is 186 g/mol. The third kappa shape index (κ3) is 2.97. The van der Waals surface area contributed by atoms with Crippen LogP contribution in [-0.2, 0) is 4.79 Å². The number of carboxylic acids is 1. The maximum Gasteiger partial charge on any atom is 0.305 e. The summed E-state index contributed by atoms with van der Waals surface area (Å²) in [6.07, 6.45) is 1.93. The number of nitrogens with zero attached hydrogens (tertiary/aromatic N) is 1. The van der Waals surface area contributed by atoms with E-state index in [1.54, 1.807) is 0 Å². The van der Waals surface area contributed by atoms with Gasteiger partial charge in [-0.25, -0.2) is 0 Å². The van der Waals surface area contributed by atoms with E-state index in [2.05, 4.69) is 11.8 Å². The van der Waals surface area contributed by atoms with Crippen LogP contribution in [0.5, 0.6) is 0 Å². The number of aliphatic carboxylic acids is 1. The molecule has 0 spiro atoms. The zero-order chi connectivity index (χ0) is 9.90. The predicted octanol–water partition coefficient (Wildman–Crippen LogP) is 0.274. The molecule has 1 saturated heterocycles. The molecule has 0 saturated carbocycles. The summed E-state index contributed by atoms with van der Waals surface area (Å²) in [5, 5.41) is 8.69. The Morgan fingerprint density at radius 1 is 1.69 bits per heavy atom. The van der Waals surface area contributed by atoms with Crippen LogP contribution in [0.2, 0.25) is 0 Å². The van der Waals surface area contributed by atoms with Crippen molar-refractivity contribution in [2.75, 3.05) is 19.6 Å². The molecular formula is C9H18N2O2. The molecule has 0 aromatic rings. The summed E-state index contributed by atoms with van der Waals surface area (Å²) in [5.41, 5.74) is 5.50. The molecule has 0 amide bonds. The molecule has 1 unspecified atom stereocenters. The van der Waals surface area contributed by atoms with Gasteiger partial charge < -0.3 is 15.7 Å². The van der Waals surface area contributed by atoms with Crippen molar-refractivity contribution in [2.24, 2.45) is 5.73 Å². The minimum Gasteiger partial charge on any atom is -0.481 e. The summed E-state index contributed by atoms with van der Waals surface area (Å²) in [4.78, 5) is 12.8. The number of likely N-dealkylation sites (N-methyl/N-ethyl adjacent to an activating group) is 1. The lowest BCUT2D eigenvalue weighted by Crippen LogP contribution is -2.55. The molecule has 1 fully saturated rings. The van der Waals surface area contributed by atoms with Crippen LogP contribution in [0.25, 0.3) is 0 Å². The summed E-state index contributed by atoms with van der Waals surface area (Å²) in [5.74, 6) is -0.791. The highest BCUT2D eigenvalue weighted by Gasteiger charge is 2.32. The van der Waals surface area contributed by atoms with Crippen molar-refractivity contribution >= 4 is 5.97 Å². The maximum atomic E-state index is 10.6. The van der Waals surface area contributed by atoms with Gasteiger partial charge in [-0.15, -0.1) is 0 Å². The van der Waals surface area contributed by atoms with Gasteiger partial charge in [0, 0.05) is 12.1 Å². The van der Waals surface area contributed by atoms with E-state index in [0.29, 0.717) is 0 Å². The van der Waals surface area contributed by atoms with Crippen LogP contribution < -0.4 is 5.73 Å². The van der Waals surface area contributed by atoms with Gasteiger partial charge in [-0.05, 0) is 25.9 Å². The second kappa shape index (κ2) is 4.07. The van der Waals surface area contributed by atoms with Crippen molar-refractivity contribution < 1.29 is 9.90 Å². The maximum absolute atomic E-state index is 10.6. The molecule has 4 nitrogen and oxygen atoms in total. The van der Waals surface area contributed by atoms with E-state index in [4.69, 9.17) is 10.8 Å². The predicted molar refractivity (Wildman–Crippen MR) is 50.5 cm³/mol. The van der Waals surface area contributed by atoms with Gasteiger partial charge in [-0.1, -0.05) is 6.92 Å². The van der Waals surface area contributed by atoms with Gasteiger partial charge in [-0.3, -0.25) is 4.79 Å². The number of piperidine rings is 1. The van der Waals surface area contributed by atoms with Crippen LogP contribution in [0.4, 0.5) is 0 Å². The van der Waals surface area contributed by atoms with Crippen molar-refractivity contribution in [3.8, 4) is 0 Å². The van der Waals surface area contributed by atoms with Crippen molar-refractivity contribution in [2.45, 2.75) is 31.7 Å². The summed E-state index contributed by atoms with van der Waals surface area (Å²) in [7, 11) is 0. The molecule has 76 valence electrons. The molecule has 1 atom stereocenters. The highest BCUT2D eigenvalue weighted by atomic mass is 16.4. The lowest BCUT2D eigenvalue weighted by molar-refractivity contribution is -0.138. The Balaban J connectivity index is 2.51. The molecule has 0 aromatic heterocycles. The first-order chi connectivity index (χ1) is 6.06. The molecule has 0 aliphatic carbocycles. The lowest BCUT2D eigenvalue weighted by Gasteiger charge is -2.38. The Bertz CT molecular complexity index is 196. The Morgan fingerprint density at radius 3 is 2.92 bits per heavy atom. The zero-order valence-corrected chi connectivity index (χ0v) is 8.12. The van der Waals surface area contributed by atoms with Crippen molar-refractivity contribution in [1.29, 1.82) is 0 Å². The SMILES string of the molecule is CCN1CCCC(N)(CC(=O)O)C1. The van der Waals surface area contributed by atoms with E-state index in [0.717, 1.165) is 32.5 Å². The summed E-state index contributed by atoms with van der Waals surface area (Å²) in [6.45, 7) is 4.80. The van der Waals surface area contributed by atoms with Crippen molar-refractivity contribution in [1.82, 2.24) is 4.90 Å². The molecular weight excluding hydrogens is 168 g/mol. The first kappa shape index (κ1) is 10.5. The lowest BCUT2D eigenvalue weighted by atomic mass is 9.87. The number of carbonyl (C=O) groups is 1. The first-order valence-electron chi connectivity index (χ1n) is 4.79. The summed E-state index contributed by atoms with van der Waals surface area (Å²) >= 11 is 0. The quantitative estimate of drug-likeness (QED) is 0.664. The second-order valence-electron chi connectivity index (χ2n) is 3.91. The molecule has 13 heavy (non-hydrogen) atoms. The fourth-order valence-corrected chi connectivity index (χ4v) is 1.97. The molecule has 1 aliphatic rings. The van der Waals surface area contributed by atoms with Gasteiger partial charge in [0.2, 0.25) is 0 Å². The van der Waals surface area contributed by atoms with Gasteiger partial charge in [0.25, 0.3) is 0 Å². The van der Waals surface area contributed by atoms with Gasteiger partial charge in [0.1, 0.15) is 0 Å². The average Bonchev–Trinajstić information content (AvgIpc) is 2.02.